The molecule has 0 unspecified atom stereocenters. The Hall–Kier alpha value is -2.67. The lowest BCUT2D eigenvalue weighted by Gasteiger charge is -2.17. The molecule has 1 saturated heterocycles. The summed E-state index contributed by atoms with van der Waals surface area (Å²) in [5.74, 6) is 0.341. The zero-order valence-electron chi connectivity index (χ0n) is 14.4. The summed E-state index contributed by atoms with van der Waals surface area (Å²) in [6.07, 6.45) is 5.55. The number of carbonyl (C=O) groups excluding carboxylic acids is 1. The van der Waals surface area contributed by atoms with E-state index in [1.165, 1.54) is 24.7 Å². The van der Waals surface area contributed by atoms with Crippen LogP contribution in [-0.4, -0.2) is 49.2 Å². The molecule has 0 saturated carbocycles. The van der Waals surface area contributed by atoms with Gasteiger partial charge in [-0.2, -0.15) is 0 Å². The van der Waals surface area contributed by atoms with E-state index in [4.69, 9.17) is 4.74 Å². The molecule has 1 aliphatic heterocycles. The number of anilines is 3. The maximum atomic E-state index is 11.9. The number of amides is 1. The molecule has 0 atom stereocenters. The molecular formula is C18H23N5O2. The third-order valence-corrected chi connectivity index (χ3v) is 4.09. The number of aromatic nitrogens is 2. The Labute approximate surface area is 147 Å². The molecule has 7 heteroatoms. The molecule has 0 aliphatic carbocycles. The first-order chi connectivity index (χ1) is 12.3. The number of hydrogen-bond donors (Lipinski definition) is 2. The molecule has 2 aromatic rings. The Bertz CT molecular complexity index is 682. The Morgan fingerprint density at radius 2 is 1.92 bits per heavy atom. The highest BCUT2D eigenvalue weighted by molar-refractivity contribution is 5.92. The standard InChI is InChI=1S/C18H23N5O2/c1-25-11-8-19-18(24)16-12-21-17(13-20-16)22-14-4-6-15(7-5-14)23-9-2-3-10-23/h4-7,12-13H,2-3,8-11H2,1H3,(H,19,24)(H,21,22). The third kappa shape index (κ3) is 4.67. The van der Waals surface area contributed by atoms with Gasteiger partial charge < -0.3 is 20.3 Å². The molecule has 132 valence electrons. The van der Waals surface area contributed by atoms with Gasteiger partial charge in [0, 0.05) is 38.1 Å². The van der Waals surface area contributed by atoms with Crippen LogP contribution in [0, 0.1) is 0 Å². The van der Waals surface area contributed by atoms with Crippen molar-refractivity contribution in [1.82, 2.24) is 15.3 Å². The highest BCUT2D eigenvalue weighted by Crippen LogP contribution is 2.23. The van der Waals surface area contributed by atoms with Crippen molar-refractivity contribution in [3.05, 3.63) is 42.4 Å². The second kappa shape index (κ2) is 8.43. The fraction of sp³-hybridized carbons (Fsp3) is 0.389. The van der Waals surface area contributed by atoms with Crippen molar-refractivity contribution in [2.75, 3.05) is 43.6 Å². The van der Waals surface area contributed by atoms with Gasteiger partial charge >= 0.3 is 0 Å². The predicted molar refractivity (Wildman–Crippen MR) is 97.4 cm³/mol. The molecular weight excluding hydrogens is 318 g/mol. The molecule has 1 aromatic heterocycles. The van der Waals surface area contributed by atoms with Crippen LogP contribution >= 0.6 is 0 Å². The minimum absolute atomic E-state index is 0.258. The number of rotatable bonds is 7. The summed E-state index contributed by atoms with van der Waals surface area (Å²) in [7, 11) is 1.59. The van der Waals surface area contributed by atoms with Gasteiger partial charge in [-0.15, -0.1) is 0 Å². The van der Waals surface area contributed by atoms with Crippen LogP contribution in [0.5, 0.6) is 0 Å². The predicted octanol–water partition coefficient (Wildman–Crippen LogP) is 2.20. The first-order valence-electron chi connectivity index (χ1n) is 8.47. The van der Waals surface area contributed by atoms with Crippen LogP contribution < -0.4 is 15.5 Å². The topological polar surface area (TPSA) is 79.4 Å². The van der Waals surface area contributed by atoms with E-state index in [9.17, 15) is 4.79 Å². The number of nitrogens with zero attached hydrogens (tertiary/aromatic N) is 3. The Kier molecular flexibility index (Phi) is 5.79. The van der Waals surface area contributed by atoms with E-state index in [1.54, 1.807) is 13.3 Å². The highest BCUT2D eigenvalue weighted by atomic mass is 16.5. The third-order valence-electron chi connectivity index (χ3n) is 4.09. The van der Waals surface area contributed by atoms with Crippen LogP contribution in [0.1, 0.15) is 23.3 Å². The molecule has 0 spiro atoms. The largest absolute Gasteiger partial charge is 0.383 e. The van der Waals surface area contributed by atoms with E-state index in [1.807, 2.05) is 12.1 Å². The normalized spacial score (nSPS) is 13.7. The first kappa shape index (κ1) is 17.2. The summed E-state index contributed by atoms with van der Waals surface area (Å²) in [5.41, 5.74) is 2.47. The quantitative estimate of drug-likeness (QED) is 0.752. The van der Waals surface area contributed by atoms with Gasteiger partial charge in [0.25, 0.3) is 5.91 Å². The summed E-state index contributed by atoms with van der Waals surface area (Å²) in [5, 5.41) is 5.91. The molecule has 25 heavy (non-hydrogen) atoms. The number of ether oxygens (including phenoxy) is 1. The van der Waals surface area contributed by atoms with Crippen molar-refractivity contribution in [2.45, 2.75) is 12.8 Å². The number of benzene rings is 1. The lowest BCUT2D eigenvalue weighted by Crippen LogP contribution is -2.27. The van der Waals surface area contributed by atoms with Crippen molar-refractivity contribution >= 4 is 23.1 Å². The van der Waals surface area contributed by atoms with Crippen molar-refractivity contribution < 1.29 is 9.53 Å². The van der Waals surface area contributed by atoms with E-state index in [2.05, 4.69) is 37.6 Å². The van der Waals surface area contributed by atoms with Crippen LogP contribution in [0.4, 0.5) is 17.2 Å². The van der Waals surface area contributed by atoms with Gasteiger partial charge in [-0.1, -0.05) is 0 Å². The fourth-order valence-corrected chi connectivity index (χ4v) is 2.75. The molecule has 1 amide bonds. The lowest BCUT2D eigenvalue weighted by molar-refractivity contribution is 0.0932. The van der Waals surface area contributed by atoms with E-state index in [0.29, 0.717) is 19.0 Å². The second-order valence-corrected chi connectivity index (χ2v) is 5.90. The molecule has 2 N–H and O–H groups in total. The van der Waals surface area contributed by atoms with Crippen LogP contribution in [0.15, 0.2) is 36.7 Å². The monoisotopic (exact) mass is 341 g/mol. The molecule has 1 fully saturated rings. The number of methoxy groups -OCH3 is 1. The van der Waals surface area contributed by atoms with Gasteiger partial charge in [0.05, 0.1) is 19.0 Å². The Morgan fingerprint density at radius 3 is 2.56 bits per heavy atom. The first-order valence-corrected chi connectivity index (χ1v) is 8.47. The zero-order valence-corrected chi connectivity index (χ0v) is 14.4. The maximum absolute atomic E-state index is 11.9. The average molecular weight is 341 g/mol. The number of hydrogen-bond acceptors (Lipinski definition) is 6. The summed E-state index contributed by atoms with van der Waals surface area (Å²) in [4.78, 5) is 22.6. The van der Waals surface area contributed by atoms with Crippen molar-refractivity contribution in [3.63, 3.8) is 0 Å². The van der Waals surface area contributed by atoms with Gasteiger partial charge in [0.2, 0.25) is 0 Å². The van der Waals surface area contributed by atoms with Crippen LogP contribution in [0.25, 0.3) is 0 Å². The van der Waals surface area contributed by atoms with Crippen LogP contribution in [0.3, 0.4) is 0 Å². The highest BCUT2D eigenvalue weighted by Gasteiger charge is 2.12. The smallest absolute Gasteiger partial charge is 0.271 e. The molecule has 2 heterocycles. The van der Waals surface area contributed by atoms with Crippen molar-refractivity contribution in [2.24, 2.45) is 0 Å². The van der Waals surface area contributed by atoms with E-state index < -0.39 is 0 Å². The maximum Gasteiger partial charge on any atom is 0.271 e. The Morgan fingerprint density at radius 1 is 1.16 bits per heavy atom. The second-order valence-electron chi connectivity index (χ2n) is 5.90. The minimum Gasteiger partial charge on any atom is -0.383 e. The van der Waals surface area contributed by atoms with Gasteiger partial charge in [-0.25, -0.2) is 9.97 Å². The Balaban J connectivity index is 1.56. The summed E-state index contributed by atoms with van der Waals surface area (Å²) >= 11 is 0. The van der Waals surface area contributed by atoms with E-state index >= 15 is 0 Å². The molecule has 0 bridgehead atoms. The molecule has 1 aliphatic rings. The molecule has 3 rings (SSSR count). The van der Waals surface area contributed by atoms with Gasteiger partial charge in [-0.3, -0.25) is 4.79 Å². The molecule has 0 radical (unpaired) electrons. The number of nitrogens with one attached hydrogen (secondary N) is 2. The van der Waals surface area contributed by atoms with Crippen LogP contribution in [-0.2, 0) is 4.74 Å². The number of carbonyl (C=O) groups is 1. The van der Waals surface area contributed by atoms with Gasteiger partial charge in [0.15, 0.2) is 0 Å². The molecule has 7 nitrogen and oxygen atoms in total. The van der Waals surface area contributed by atoms with Gasteiger partial charge in [0.1, 0.15) is 11.5 Å². The molecule has 1 aromatic carbocycles. The van der Waals surface area contributed by atoms with E-state index in [0.717, 1.165) is 18.8 Å². The fourth-order valence-electron chi connectivity index (χ4n) is 2.75. The average Bonchev–Trinajstić information content (AvgIpc) is 3.18. The SMILES string of the molecule is COCCNC(=O)c1cnc(Nc2ccc(N3CCCC3)cc2)cn1. The summed E-state index contributed by atoms with van der Waals surface area (Å²) < 4.78 is 4.89. The van der Waals surface area contributed by atoms with Gasteiger partial charge in [-0.05, 0) is 37.1 Å². The lowest BCUT2D eigenvalue weighted by atomic mass is 10.2. The zero-order chi connectivity index (χ0) is 17.5. The minimum atomic E-state index is -0.258. The van der Waals surface area contributed by atoms with Crippen LogP contribution in [0.2, 0.25) is 0 Å². The van der Waals surface area contributed by atoms with E-state index in [-0.39, 0.29) is 11.6 Å². The van der Waals surface area contributed by atoms with Crippen molar-refractivity contribution in [3.8, 4) is 0 Å². The summed E-state index contributed by atoms with van der Waals surface area (Å²) in [6, 6.07) is 8.28. The summed E-state index contributed by atoms with van der Waals surface area (Å²) in [6.45, 7) is 3.17. The van der Waals surface area contributed by atoms with Crippen molar-refractivity contribution in [1.29, 1.82) is 0 Å².